The molecule has 0 saturated carbocycles. The molecule has 0 unspecified atom stereocenters. The van der Waals surface area contributed by atoms with Crippen molar-refractivity contribution >= 4 is 11.6 Å². The molecule has 0 radical (unpaired) electrons. The van der Waals surface area contributed by atoms with Gasteiger partial charge in [-0.25, -0.2) is 0 Å². The summed E-state index contributed by atoms with van der Waals surface area (Å²) < 4.78 is 0. The van der Waals surface area contributed by atoms with Crippen LogP contribution in [0.3, 0.4) is 0 Å². The molecule has 2 N–H and O–H groups in total. The van der Waals surface area contributed by atoms with Crippen molar-refractivity contribution in [3.8, 4) is 0 Å². The number of rotatable bonds is 4. The Balaban J connectivity index is 1.74. The Morgan fingerprint density at radius 1 is 1.00 bits per heavy atom. The molecule has 1 fully saturated rings. The number of hydrogen-bond donors (Lipinski definition) is 1. The summed E-state index contributed by atoms with van der Waals surface area (Å²) in [6, 6.07) is 18.8. The molecule has 1 aliphatic rings. The Morgan fingerprint density at radius 2 is 1.71 bits per heavy atom. The molecule has 0 aromatic heterocycles. The second-order valence-electron chi connectivity index (χ2n) is 5.80. The first kappa shape index (κ1) is 14.6. The maximum absolute atomic E-state index is 6.27. The molecule has 2 aromatic carbocycles. The van der Waals surface area contributed by atoms with Gasteiger partial charge in [0.25, 0.3) is 0 Å². The summed E-state index contributed by atoms with van der Waals surface area (Å²) in [5.41, 5.74) is 8.59. The van der Waals surface area contributed by atoms with Gasteiger partial charge in [0.15, 0.2) is 0 Å². The van der Waals surface area contributed by atoms with Crippen molar-refractivity contribution in [2.45, 2.75) is 12.5 Å². The van der Waals surface area contributed by atoms with Crippen LogP contribution in [0.2, 0.25) is 5.02 Å². The lowest BCUT2D eigenvalue weighted by Gasteiger charge is -2.17. The van der Waals surface area contributed by atoms with Gasteiger partial charge in [0.1, 0.15) is 0 Å². The van der Waals surface area contributed by atoms with Crippen LogP contribution in [0.1, 0.15) is 17.0 Å². The summed E-state index contributed by atoms with van der Waals surface area (Å²) in [5.74, 6) is 1.05. The minimum Gasteiger partial charge on any atom is -0.330 e. The second-order valence-corrected chi connectivity index (χ2v) is 6.21. The first-order valence-corrected chi connectivity index (χ1v) is 7.86. The van der Waals surface area contributed by atoms with E-state index in [0.29, 0.717) is 11.8 Å². The fourth-order valence-corrected chi connectivity index (χ4v) is 3.47. The highest BCUT2D eigenvalue weighted by Gasteiger charge is 2.32. The van der Waals surface area contributed by atoms with Gasteiger partial charge in [-0.3, -0.25) is 4.90 Å². The lowest BCUT2D eigenvalue weighted by Crippen LogP contribution is -2.23. The Morgan fingerprint density at radius 3 is 2.43 bits per heavy atom. The number of nitrogens with zero attached hydrogens (tertiary/aromatic N) is 1. The smallest absolute Gasteiger partial charge is 0.0451 e. The van der Waals surface area contributed by atoms with E-state index in [-0.39, 0.29) is 0 Å². The van der Waals surface area contributed by atoms with Gasteiger partial charge in [0.2, 0.25) is 0 Å². The van der Waals surface area contributed by atoms with Gasteiger partial charge in [-0.1, -0.05) is 60.1 Å². The molecule has 3 rings (SSSR count). The van der Waals surface area contributed by atoms with Crippen molar-refractivity contribution < 1.29 is 0 Å². The van der Waals surface area contributed by atoms with E-state index in [1.165, 1.54) is 11.1 Å². The molecule has 2 nitrogen and oxygen atoms in total. The quantitative estimate of drug-likeness (QED) is 0.936. The molecule has 1 aliphatic heterocycles. The SMILES string of the molecule is NC[C@@H]1CN(Cc2ccccc2Cl)C[C@H]1c1ccccc1. The molecule has 0 amide bonds. The Labute approximate surface area is 131 Å². The van der Waals surface area contributed by atoms with Crippen LogP contribution in [-0.2, 0) is 6.54 Å². The highest BCUT2D eigenvalue weighted by Crippen LogP contribution is 2.33. The van der Waals surface area contributed by atoms with Crippen LogP contribution < -0.4 is 5.73 Å². The fourth-order valence-electron chi connectivity index (χ4n) is 3.27. The predicted octanol–water partition coefficient (Wildman–Crippen LogP) is 3.51. The molecule has 3 heteroatoms. The van der Waals surface area contributed by atoms with Crippen LogP contribution in [0.15, 0.2) is 54.6 Å². The van der Waals surface area contributed by atoms with E-state index in [9.17, 15) is 0 Å². The van der Waals surface area contributed by atoms with Crippen molar-refractivity contribution in [2.24, 2.45) is 11.7 Å². The summed E-state index contributed by atoms with van der Waals surface area (Å²) in [7, 11) is 0. The monoisotopic (exact) mass is 300 g/mol. The topological polar surface area (TPSA) is 29.3 Å². The van der Waals surface area contributed by atoms with Gasteiger partial charge in [-0.2, -0.15) is 0 Å². The van der Waals surface area contributed by atoms with E-state index in [4.69, 9.17) is 17.3 Å². The summed E-state index contributed by atoms with van der Waals surface area (Å²) in [6.45, 7) is 3.73. The molecule has 2 aromatic rings. The zero-order chi connectivity index (χ0) is 14.7. The van der Waals surface area contributed by atoms with E-state index in [1.54, 1.807) is 0 Å². The molecule has 0 aliphatic carbocycles. The Bertz CT molecular complexity index is 585. The minimum atomic E-state index is 0.523. The largest absolute Gasteiger partial charge is 0.330 e. The molecule has 0 bridgehead atoms. The van der Waals surface area contributed by atoms with Crippen LogP contribution >= 0.6 is 11.6 Å². The number of benzene rings is 2. The summed E-state index contributed by atoms with van der Waals surface area (Å²) in [4.78, 5) is 2.47. The van der Waals surface area contributed by atoms with Gasteiger partial charge < -0.3 is 5.73 Å². The average Bonchev–Trinajstić information content (AvgIpc) is 2.93. The lowest BCUT2D eigenvalue weighted by atomic mass is 9.89. The van der Waals surface area contributed by atoms with Crippen LogP contribution in [0.25, 0.3) is 0 Å². The van der Waals surface area contributed by atoms with Gasteiger partial charge in [-0.15, -0.1) is 0 Å². The molecular weight excluding hydrogens is 280 g/mol. The van der Waals surface area contributed by atoms with Crippen molar-refractivity contribution in [3.05, 3.63) is 70.7 Å². The van der Waals surface area contributed by atoms with E-state index in [1.807, 2.05) is 18.2 Å². The Hall–Kier alpha value is -1.35. The fraction of sp³-hybridized carbons (Fsp3) is 0.333. The van der Waals surface area contributed by atoms with Gasteiger partial charge in [0, 0.05) is 30.6 Å². The van der Waals surface area contributed by atoms with Crippen molar-refractivity contribution in [2.75, 3.05) is 19.6 Å². The number of hydrogen-bond acceptors (Lipinski definition) is 2. The van der Waals surface area contributed by atoms with Gasteiger partial charge in [-0.05, 0) is 29.7 Å². The zero-order valence-electron chi connectivity index (χ0n) is 12.1. The summed E-state index contributed by atoms with van der Waals surface area (Å²) in [6.07, 6.45) is 0. The summed E-state index contributed by atoms with van der Waals surface area (Å²) in [5, 5.41) is 0.852. The lowest BCUT2D eigenvalue weighted by molar-refractivity contribution is 0.317. The standard InChI is InChI=1S/C18H21ClN2/c19-18-9-5-4-8-15(18)11-21-12-16(10-20)17(13-21)14-6-2-1-3-7-14/h1-9,16-17H,10-13,20H2/t16-,17+/m1/s1. The van der Waals surface area contributed by atoms with Crippen molar-refractivity contribution in [1.82, 2.24) is 4.90 Å². The summed E-state index contributed by atoms with van der Waals surface area (Å²) >= 11 is 6.27. The van der Waals surface area contributed by atoms with Crippen molar-refractivity contribution in [1.29, 1.82) is 0 Å². The van der Waals surface area contributed by atoms with Gasteiger partial charge in [0.05, 0.1) is 0 Å². The third kappa shape index (κ3) is 3.29. The Kier molecular flexibility index (Phi) is 4.59. The molecule has 1 saturated heterocycles. The van der Waals surface area contributed by atoms with Crippen LogP contribution in [0.4, 0.5) is 0 Å². The first-order chi connectivity index (χ1) is 10.3. The molecule has 0 spiro atoms. The molecule has 21 heavy (non-hydrogen) atoms. The van der Waals surface area contributed by atoms with Crippen LogP contribution in [0.5, 0.6) is 0 Å². The number of nitrogens with two attached hydrogens (primary N) is 1. The second kappa shape index (κ2) is 6.61. The number of halogens is 1. The highest BCUT2D eigenvalue weighted by molar-refractivity contribution is 6.31. The zero-order valence-corrected chi connectivity index (χ0v) is 12.8. The van der Waals surface area contributed by atoms with Gasteiger partial charge >= 0.3 is 0 Å². The highest BCUT2D eigenvalue weighted by atomic mass is 35.5. The first-order valence-electron chi connectivity index (χ1n) is 7.48. The molecule has 110 valence electrons. The predicted molar refractivity (Wildman–Crippen MR) is 88.5 cm³/mol. The van der Waals surface area contributed by atoms with E-state index in [0.717, 1.165) is 31.2 Å². The molecule has 2 atom stereocenters. The van der Waals surface area contributed by atoms with Crippen LogP contribution in [-0.4, -0.2) is 24.5 Å². The third-order valence-electron chi connectivity index (χ3n) is 4.40. The number of likely N-dealkylation sites (tertiary alicyclic amines) is 1. The molecular formula is C18H21ClN2. The maximum Gasteiger partial charge on any atom is 0.0451 e. The normalized spacial score (nSPS) is 22.6. The molecule has 1 heterocycles. The van der Waals surface area contributed by atoms with Crippen molar-refractivity contribution in [3.63, 3.8) is 0 Å². The third-order valence-corrected chi connectivity index (χ3v) is 4.77. The van der Waals surface area contributed by atoms with Crippen LogP contribution in [0, 0.1) is 5.92 Å². The minimum absolute atomic E-state index is 0.523. The van der Waals surface area contributed by atoms with E-state index >= 15 is 0 Å². The van der Waals surface area contributed by atoms with E-state index in [2.05, 4.69) is 41.3 Å². The average molecular weight is 301 g/mol. The maximum atomic E-state index is 6.27. The van der Waals surface area contributed by atoms with E-state index < -0.39 is 0 Å².